The minimum atomic E-state index is 0.296. The van der Waals surface area contributed by atoms with E-state index in [0.29, 0.717) is 11.4 Å². The summed E-state index contributed by atoms with van der Waals surface area (Å²) in [7, 11) is 0. The van der Waals surface area contributed by atoms with E-state index in [2.05, 4.69) is 36.6 Å². The lowest BCUT2D eigenvalue weighted by Gasteiger charge is -2.44. The van der Waals surface area contributed by atoms with Gasteiger partial charge in [-0.25, -0.2) is 4.98 Å². The molecule has 0 radical (unpaired) electrons. The summed E-state index contributed by atoms with van der Waals surface area (Å²) >= 11 is 5.97. The molecule has 3 rings (SSSR count). The van der Waals surface area contributed by atoms with Crippen LogP contribution in [-0.4, -0.2) is 15.4 Å². The SMILES string of the molecule is CCC1(n2c(CCCl)nc3ccc(C)cc32)CCC1. The lowest BCUT2D eigenvalue weighted by molar-refractivity contribution is 0.137. The van der Waals surface area contributed by atoms with Crippen LogP contribution in [0.4, 0.5) is 0 Å². The van der Waals surface area contributed by atoms with Crippen molar-refractivity contribution in [2.75, 3.05) is 5.88 Å². The van der Waals surface area contributed by atoms with Crippen LogP contribution in [0.1, 0.15) is 44.0 Å². The van der Waals surface area contributed by atoms with Gasteiger partial charge in [0.2, 0.25) is 0 Å². The van der Waals surface area contributed by atoms with Gasteiger partial charge in [0.25, 0.3) is 0 Å². The summed E-state index contributed by atoms with van der Waals surface area (Å²) in [4.78, 5) is 4.82. The van der Waals surface area contributed by atoms with Gasteiger partial charge in [-0.3, -0.25) is 0 Å². The van der Waals surface area contributed by atoms with E-state index in [1.165, 1.54) is 36.8 Å². The van der Waals surface area contributed by atoms with Gasteiger partial charge in [-0.15, -0.1) is 11.6 Å². The van der Waals surface area contributed by atoms with E-state index in [0.717, 1.165) is 17.8 Å². The second kappa shape index (κ2) is 4.82. The predicted molar refractivity (Wildman–Crippen MR) is 81.0 cm³/mol. The molecule has 0 atom stereocenters. The van der Waals surface area contributed by atoms with E-state index in [4.69, 9.17) is 16.6 Å². The van der Waals surface area contributed by atoms with Crippen molar-refractivity contribution in [3.63, 3.8) is 0 Å². The highest BCUT2D eigenvalue weighted by Crippen LogP contribution is 2.44. The van der Waals surface area contributed by atoms with Gasteiger partial charge in [-0.05, 0) is 50.3 Å². The Labute approximate surface area is 119 Å². The minimum absolute atomic E-state index is 0.296. The van der Waals surface area contributed by atoms with E-state index >= 15 is 0 Å². The largest absolute Gasteiger partial charge is 0.322 e. The Morgan fingerprint density at radius 2 is 2.16 bits per heavy atom. The van der Waals surface area contributed by atoms with Crippen LogP contribution in [0.15, 0.2) is 18.2 Å². The third-order valence-corrected chi connectivity index (χ3v) is 4.80. The van der Waals surface area contributed by atoms with E-state index in [1.54, 1.807) is 0 Å². The third kappa shape index (κ3) is 1.97. The summed E-state index contributed by atoms with van der Waals surface area (Å²) < 4.78 is 2.50. The van der Waals surface area contributed by atoms with Crippen molar-refractivity contribution in [2.45, 2.75) is 51.5 Å². The smallest absolute Gasteiger partial charge is 0.111 e. The molecular weight excluding hydrogens is 256 g/mol. The van der Waals surface area contributed by atoms with Gasteiger partial charge in [-0.2, -0.15) is 0 Å². The topological polar surface area (TPSA) is 17.8 Å². The Bertz CT molecular complexity index is 591. The minimum Gasteiger partial charge on any atom is -0.322 e. The van der Waals surface area contributed by atoms with Gasteiger partial charge in [0.15, 0.2) is 0 Å². The van der Waals surface area contributed by atoms with Gasteiger partial charge in [0.1, 0.15) is 5.82 Å². The summed E-state index contributed by atoms with van der Waals surface area (Å²) in [6.45, 7) is 4.45. The van der Waals surface area contributed by atoms with Crippen LogP contribution in [0.25, 0.3) is 11.0 Å². The highest BCUT2D eigenvalue weighted by Gasteiger charge is 2.39. The first-order valence-corrected chi connectivity index (χ1v) is 7.78. The molecule has 1 aromatic carbocycles. The second-order valence-corrected chi connectivity index (χ2v) is 6.10. The average Bonchev–Trinajstić information content (AvgIpc) is 2.68. The summed E-state index contributed by atoms with van der Waals surface area (Å²) in [6.07, 6.45) is 5.93. The first kappa shape index (κ1) is 13.0. The summed E-state index contributed by atoms with van der Waals surface area (Å²) in [5, 5.41) is 0. The number of hydrogen-bond donors (Lipinski definition) is 0. The maximum Gasteiger partial charge on any atom is 0.111 e. The Hall–Kier alpha value is -1.02. The number of benzene rings is 1. The van der Waals surface area contributed by atoms with Gasteiger partial charge < -0.3 is 4.57 Å². The molecule has 1 fully saturated rings. The van der Waals surface area contributed by atoms with Crippen LogP contribution < -0.4 is 0 Å². The number of rotatable bonds is 4. The molecule has 0 bridgehead atoms. The Kier molecular flexibility index (Phi) is 3.30. The van der Waals surface area contributed by atoms with Gasteiger partial charge >= 0.3 is 0 Å². The van der Waals surface area contributed by atoms with Crippen molar-refractivity contribution in [3.05, 3.63) is 29.6 Å². The van der Waals surface area contributed by atoms with Crippen LogP contribution in [0.2, 0.25) is 0 Å². The van der Waals surface area contributed by atoms with Crippen LogP contribution in [-0.2, 0) is 12.0 Å². The molecule has 2 aromatic rings. The first-order valence-electron chi connectivity index (χ1n) is 7.24. The molecule has 0 amide bonds. The van der Waals surface area contributed by atoms with Crippen molar-refractivity contribution in [1.82, 2.24) is 9.55 Å². The molecule has 0 aliphatic heterocycles. The number of alkyl halides is 1. The molecule has 102 valence electrons. The average molecular weight is 277 g/mol. The van der Waals surface area contributed by atoms with Gasteiger partial charge in [-0.1, -0.05) is 13.0 Å². The fourth-order valence-electron chi connectivity index (χ4n) is 3.34. The van der Waals surface area contributed by atoms with E-state index in [1.807, 2.05) is 0 Å². The number of fused-ring (bicyclic) bond motifs is 1. The summed E-state index contributed by atoms with van der Waals surface area (Å²) in [5.74, 6) is 1.80. The van der Waals surface area contributed by atoms with E-state index in [9.17, 15) is 0 Å². The molecule has 1 aliphatic carbocycles. The molecular formula is C16H21ClN2. The number of aryl methyl sites for hydroxylation is 2. The molecule has 1 aromatic heterocycles. The second-order valence-electron chi connectivity index (χ2n) is 5.73. The number of aromatic nitrogens is 2. The Morgan fingerprint density at radius 3 is 2.74 bits per heavy atom. The molecule has 1 aliphatic rings. The number of imidazole rings is 1. The molecule has 3 heteroatoms. The van der Waals surface area contributed by atoms with E-state index in [-0.39, 0.29) is 0 Å². The lowest BCUT2D eigenvalue weighted by atomic mass is 9.74. The lowest BCUT2D eigenvalue weighted by Crippen LogP contribution is -2.41. The molecule has 1 saturated carbocycles. The van der Waals surface area contributed by atoms with Crippen molar-refractivity contribution >= 4 is 22.6 Å². The predicted octanol–water partition coefficient (Wildman–Crippen LogP) is 4.42. The van der Waals surface area contributed by atoms with Crippen molar-refractivity contribution in [3.8, 4) is 0 Å². The quantitative estimate of drug-likeness (QED) is 0.756. The monoisotopic (exact) mass is 276 g/mol. The zero-order valence-corrected chi connectivity index (χ0v) is 12.5. The van der Waals surface area contributed by atoms with Crippen LogP contribution in [0.3, 0.4) is 0 Å². The number of nitrogens with zero attached hydrogens (tertiary/aromatic N) is 2. The molecule has 1 heterocycles. The zero-order valence-electron chi connectivity index (χ0n) is 11.7. The maximum absolute atomic E-state index is 5.97. The standard InChI is InChI=1S/C16H21ClN2/c1-3-16(8-4-9-16)19-14-11-12(2)5-6-13(14)18-15(19)7-10-17/h5-6,11H,3-4,7-10H2,1-2H3. The molecule has 0 unspecified atom stereocenters. The third-order valence-electron chi connectivity index (χ3n) is 4.61. The zero-order chi connectivity index (χ0) is 13.5. The molecule has 19 heavy (non-hydrogen) atoms. The normalized spacial score (nSPS) is 17.6. The van der Waals surface area contributed by atoms with Crippen LogP contribution in [0.5, 0.6) is 0 Å². The fourth-order valence-corrected chi connectivity index (χ4v) is 3.51. The number of halogens is 1. The van der Waals surface area contributed by atoms with E-state index < -0.39 is 0 Å². The molecule has 0 spiro atoms. The fraction of sp³-hybridized carbons (Fsp3) is 0.562. The number of hydrogen-bond acceptors (Lipinski definition) is 1. The van der Waals surface area contributed by atoms with Crippen molar-refractivity contribution in [1.29, 1.82) is 0 Å². The highest BCUT2D eigenvalue weighted by atomic mass is 35.5. The maximum atomic E-state index is 5.97. The van der Waals surface area contributed by atoms with Crippen molar-refractivity contribution in [2.24, 2.45) is 0 Å². The molecule has 0 N–H and O–H groups in total. The van der Waals surface area contributed by atoms with Crippen molar-refractivity contribution < 1.29 is 0 Å². The van der Waals surface area contributed by atoms with Crippen LogP contribution in [0, 0.1) is 6.92 Å². The summed E-state index contributed by atoms with van der Waals surface area (Å²) in [5.41, 5.74) is 4.01. The van der Waals surface area contributed by atoms with Gasteiger partial charge in [0.05, 0.1) is 11.0 Å². The molecule has 2 nitrogen and oxygen atoms in total. The Balaban J connectivity index is 2.23. The van der Waals surface area contributed by atoms with Gasteiger partial charge in [0, 0.05) is 17.8 Å². The highest BCUT2D eigenvalue weighted by molar-refractivity contribution is 6.17. The first-order chi connectivity index (χ1) is 9.20. The molecule has 0 saturated heterocycles. The Morgan fingerprint density at radius 1 is 1.37 bits per heavy atom. The van der Waals surface area contributed by atoms with Crippen LogP contribution >= 0.6 is 11.6 Å². The summed E-state index contributed by atoms with van der Waals surface area (Å²) in [6, 6.07) is 6.56.